The van der Waals surface area contributed by atoms with E-state index in [-0.39, 0.29) is 5.91 Å². The molecule has 0 aliphatic carbocycles. The van der Waals surface area contributed by atoms with Crippen molar-refractivity contribution in [1.29, 1.82) is 0 Å². The minimum Gasteiger partial charge on any atom is -0.321 e. The number of anilines is 1. The van der Waals surface area contributed by atoms with Gasteiger partial charge in [0.1, 0.15) is 5.15 Å². The maximum Gasteiger partial charge on any atom is 0.255 e. The van der Waals surface area contributed by atoms with Gasteiger partial charge < -0.3 is 5.32 Å². The summed E-state index contributed by atoms with van der Waals surface area (Å²) in [6, 6.07) is 7.48. The van der Waals surface area contributed by atoms with Crippen LogP contribution in [0, 0.1) is 20.8 Å². The number of hydrogen-bond acceptors (Lipinski definition) is 2. The van der Waals surface area contributed by atoms with Crippen molar-refractivity contribution >= 4 is 23.2 Å². The van der Waals surface area contributed by atoms with Crippen molar-refractivity contribution in [3.05, 3.63) is 57.9 Å². The molecule has 4 heteroatoms. The van der Waals surface area contributed by atoms with E-state index in [0.717, 1.165) is 16.7 Å². The minimum atomic E-state index is -0.135. The molecule has 2 aromatic rings. The molecule has 98 valence electrons. The number of aromatic nitrogens is 1. The number of aryl methyl sites for hydroxylation is 2. The second-order valence-electron chi connectivity index (χ2n) is 4.53. The van der Waals surface area contributed by atoms with Gasteiger partial charge in [-0.1, -0.05) is 23.7 Å². The molecule has 2 rings (SSSR count). The molecule has 1 aromatic carbocycles. The van der Waals surface area contributed by atoms with E-state index in [1.54, 1.807) is 12.3 Å². The number of amides is 1. The summed E-state index contributed by atoms with van der Waals surface area (Å²) in [6.45, 7) is 5.78. The third-order valence-electron chi connectivity index (χ3n) is 3.12. The van der Waals surface area contributed by atoms with E-state index in [0.29, 0.717) is 16.4 Å². The standard InChI is InChI=1S/C15H15ClN2O/c1-9-5-4-6-13(11(9)3)15(19)18-12-7-10(2)14(16)17-8-12/h4-8H,1-3H3,(H,18,19). The molecule has 0 aliphatic rings. The van der Waals surface area contributed by atoms with E-state index in [1.807, 2.05) is 39.0 Å². The zero-order valence-corrected chi connectivity index (χ0v) is 11.9. The van der Waals surface area contributed by atoms with Gasteiger partial charge in [0, 0.05) is 5.56 Å². The molecule has 0 saturated heterocycles. The molecule has 0 atom stereocenters. The largest absolute Gasteiger partial charge is 0.321 e. The number of pyridine rings is 1. The molecule has 1 heterocycles. The van der Waals surface area contributed by atoms with Crippen molar-refractivity contribution in [3.8, 4) is 0 Å². The molecule has 0 unspecified atom stereocenters. The number of benzene rings is 1. The molecule has 1 N–H and O–H groups in total. The van der Waals surface area contributed by atoms with Gasteiger partial charge in [-0.15, -0.1) is 0 Å². The number of nitrogens with zero attached hydrogens (tertiary/aromatic N) is 1. The summed E-state index contributed by atoms with van der Waals surface area (Å²) in [7, 11) is 0. The monoisotopic (exact) mass is 274 g/mol. The third-order valence-corrected chi connectivity index (χ3v) is 3.52. The molecule has 0 spiro atoms. The number of nitrogens with one attached hydrogen (secondary N) is 1. The van der Waals surface area contributed by atoms with Crippen LogP contribution in [0.5, 0.6) is 0 Å². The lowest BCUT2D eigenvalue weighted by molar-refractivity contribution is 0.102. The van der Waals surface area contributed by atoms with E-state index >= 15 is 0 Å². The lowest BCUT2D eigenvalue weighted by atomic mass is 10.0. The second kappa shape index (κ2) is 5.41. The first-order valence-corrected chi connectivity index (χ1v) is 6.36. The normalized spacial score (nSPS) is 10.3. The highest BCUT2D eigenvalue weighted by molar-refractivity contribution is 6.30. The first-order valence-electron chi connectivity index (χ1n) is 5.98. The highest BCUT2D eigenvalue weighted by Gasteiger charge is 2.11. The van der Waals surface area contributed by atoms with Crippen LogP contribution >= 0.6 is 11.6 Å². The number of halogens is 1. The van der Waals surface area contributed by atoms with Crippen LogP contribution in [0.15, 0.2) is 30.5 Å². The van der Waals surface area contributed by atoms with E-state index in [9.17, 15) is 4.79 Å². The molecule has 0 saturated carbocycles. The number of hydrogen-bond donors (Lipinski definition) is 1. The molecule has 19 heavy (non-hydrogen) atoms. The van der Waals surface area contributed by atoms with Gasteiger partial charge in [0.15, 0.2) is 0 Å². The Balaban J connectivity index is 2.26. The first-order chi connectivity index (χ1) is 8.99. The molecule has 1 amide bonds. The van der Waals surface area contributed by atoms with Gasteiger partial charge in [0.2, 0.25) is 0 Å². The van der Waals surface area contributed by atoms with Crippen molar-refractivity contribution in [3.63, 3.8) is 0 Å². The maximum atomic E-state index is 12.2. The van der Waals surface area contributed by atoms with Gasteiger partial charge in [-0.2, -0.15) is 0 Å². The zero-order chi connectivity index (χ0) is 14.0. The van der Waals surface area contributed by atoms with Crippen LogP contribution < -0.4 is 5.32 Å². The molecule has 0 radical (unpaired) electrons. The smallest absolute Gasteiger partial charge is 0.255 e. The summed E-state index contributed by atoms with van der Waals surface area (Å²) in [6.07, 6.45) is 1.55. The fourth-order valence-corrected chi connectivity index (χ4v) is 1.93. The van der Waals surface area contributed by atoms with Gasteiger partial charge in [-0.3, -0.25) is 4.79 Å². The Morgan fingerprint density at radius 3 is 2.63 bits per heavy atom. The summed E-state index contributed by atoms with van der Waals surface area (Å²) < 4.78 is 0. The molecular formula is C15H15ClN2O. The summed E-state index contributed by atoms with van der Waals surface area (Å²) in [5.74, 6) is -0.135. The Morgan fingerprint density at radius 2 is 1.95 bits per heavy atom. The summed E-state index contributed by atoms with van der Waals surface area (Å²) in [5, 5.41) is 3.28. The third kappa shape index (κ3) is 2.93. The van der Waals surface area contributed by atoms with E-state index in [2.05, 4.69) is 10.3 Å². The SMILES string of the molecule is Cc1cc(NC(=O)c2cccc(C)c2C)cnc1Cl. The average Bonchev–Trinajstić information content (AvgIpc) is 2.37. The number of carbonyl (C=O) groups excluding carboxylic acids is 1. The van der Waals surface area contributed by atoms with E-state index in [4.69, 9.17) is 11.6 Å². The fourth-order valence-electron chi connectivity index (χ4n) is 1.82. The molecule has 3 nitrogen and oxygen atoms in total. The Labute approximate surface area is 117 Å². The zero-order valence-electron chi connectivity index (χ0n) is 11.1. The lowest BCUT2D eigenvalue weighted by Gasteiger charge is -2.10. The van der Waals surface area contributed by atoms with Crippen molar-refractivity contribution in [1.82, 2.24) is 4.98 Å². The number of carbonyl (C=O) groups is 1. The van der Waals surface area contributed by atoms with Crippen LogP contribution in [0.25, 0.3) is 0 Å². The Morgan fingerprint density at radius 1 is 1.21 bits per heavy atom. The van der Waals surface area contributed by atoms with Gasteiger partial charge >= 0.3 is 0 Å². The van der Waals surface area contributed by atoms with Crippen LogP contribution in [0.3, 0.4) is 0 Å². The lowest BCUT2D eigenvalue weighted by Crippen LogP contribution is -2.14. The molecule has 1 aromatic heterocycles. The first kappa shape index (κ1) is 13.6. The van der Waals surface area contributed by atoms with Crippen molar-refractivity contribution in [2.45, 2.75) is 20.8 Å². The Hall–Kier alpha value is -1.87. The van der Waals surface area contributed by atoms with E-state index in [1.165, 1.54) is 0 Å². The second-order valence-corrected chi connectivity index (χ2v) is 4.89. The van der Waals surface area contributed by atoms with E-state index < -0.39 is 0 Å². The van der Waals surface area contributed by atoms with Crippen molar-refractivity contribution in [2.24, 2.45) is 0 Å². The summed E-state index contributed by atoms with van der Waals surface area (Å²) >= 11 is 5.86. The van der Waals surface area contributed by atoms with Crippen LogP contribution in [0.1, 0.15) is 27.0 Å². The predicted octanol–water partition coefficient (Wildman–Crippen LogP) is 3.91. The molecule has 0 bridgehead atoms. The predicted molar refractivity (Wildman–Crippen MR) is 77.9 cm³/mol. The maximum absolute atomic E-state index is 12.2. The number of rotatable bonds is 2. The highest BCUT2D eigenvalue weighted by atomic mass is 35.5. The topological polar surface area (TPSA) is 42.0 Å². The Bertz CT molecular complexity index is 638. The summed E-state index contributed by atoms with van der Waals surface area (Å²) in [4.78, 5) is 16.2. The highest BCUT2D eigenvalue weighted by Crippen LogP contribution is 2.18. The molecular weight excluding hydrogens is 260 g/mol. The van der Waals surface area contributed by atoms with Crippen LogP contribution in [-0.4, -0.2) is 10.9 Å². The van der Waals surface area contributed by atoms with Gasteiger partial charge in [0.05, 0.1) is 11.9 Å². The van der Waals surface area contributed by atoms with Crippen molar-refractivity contribution < 1.29 is 4.79 Å². The minimum absolute atomic E-state index is 0.135. The van der Waals surface area contributed by atoms with Crippen LogP contribution in [0.4, 0.5) is 5.69 Å². The van der Waals surface area contributed by atoms with Crippen molar-refractivity contribution in [2.75, 3.05) is 5.32 Å². The van der Waals surface area contributed by atoms with Gasteiger partial charge in [-0.05, 0) is 49.6 Å². The van der Waals surface area contributed by atoms with Gasteiger partial charge in [-0.25, -0.2) is 4.98 Å². The quantitative estimate of drug-likeness (QED) is 0.844. The Kier molecular flexibility index (Phi) is 3.86. The van der Waals surface area contributed by atoms with Crippen LogP contribution in [0.2, 0.25) is 5.15 Å². The molecule has 0 fully saturated rings. The summed E-state index contributed by atoms with van der Waals surface area (Å²) in [5.41, 5.74) is 4.23. The van der Waals surface area contributed by atoms with Gasteiger partial charge in [0.25, 0.3) is 5.91 Å². The average molecular weight is 275 g/mol. The molecule has 0 aliphatic heterocycles. The fraction of sp³-hybridized carbons (Fsp3) is 0.200. The van der Waals surface area contributed by atoms with Crippen LogP contribution in [-0.2, 0) is 0 Å².